The van der Waals surface area contributed by atoms with Crippen LogP contribution in [0.3, 0.4) is 0 Å². The van der Waals surface area contributed by atoms with Crippen molar-refractivity contribution >= 4 is 28.7 Å². The van der Waals surface area contributed by atoms with E-state index in [9.17, 15) is 4.79 Å². The van der Waals surface area contributed by atoms with Gasteiger partial charge in [0.25, 0.3) is 0 Å². The van der Waals surface area contributed by atoms with Gasteiger partial charge in [-0.05, 0) is 31.0 Å². The topological polar surface area (TPSA) is 57.2 Å². The lowest BCUT2D eigenvalue weighted by atomic mass is 10.0. The molecule has 0 unspecified atom stereocenters. The number of aromatic nitrogens is 1. The predicted octanol–water partition coefficient (Wildman–Crippen LogP) is 3.87. The number of nitrogens with zero attached hydrogens (tertiary/aromatic N) is 1. The Balaban J connectivity index is 2.02. The van der Waals surface area contributed by atoms with Crippen molar-refractivity contribution in [3.8, 4) is 0 Å². The fraction of sp³-hybridized carbons (Fsp3) is 0.250. The summed E-state index contributed by atoms with van der Waals surface area (Å²) in [5.41, 5.74) is 11.7. The average Bonchev–Trinajstić information content (AvgIpc) is 2.88. The van der Waals surface area contributed by atoms with Crippen LogP contribution in [0.25, 0.3) is 10.9 Å². The van der Waals surface area contributed by atoms with Crippen molar-refractivity contribution in [1.29, 1.82) is 0 Å². The van der Waals surface area contributed by atoms with E-state index in [-0.39, 0.29) is 0 Å². The van der Waals surface area contributed by atoms with Crippen molar-refractivity contribution in [2.24, 2.45) is 5.73 Å². The summed E-state index contributed by atoms with van der Waals surface area (Å²) < 4.78 is 6.51. The first kappa shape index (κ1) is 17.5. The Bertz CT molecular complexity index is 900. The minimum atomic E-state index is -0.783. The predicted molar refractivity (Wildman–Crippen MR) is 101 cm³/mol. The molecule has 4 nitrogen and oxygen atoms in total. The van der Waals surface area contributed by atoms with Gasteiger partial charge in [-0.3, -0.25) is 0 Å². The standard InChI is InChI=1S/C20H21ClN2O2/c1-13-7-9-15(10-8-13)12-23-14(2)17(11-18(22)20(24)25-21)16-5-3-4-6-19(16)23/h3-10,18H,11-12,22H2,1-2H3/t18-/m0/s1. The van der Waals surface area contributed by atoms with E-state index in [0.717, 1.165) is 28.7 Å². The van der Waals surface area contributed by atoms with Crippen LogP contribution < -0.4 is 5.73 Å². The van der Waals surface area contributed by atoms with E-state index in [1.165, 1.54) is 11.1 Å². The van der Waals surface area contributed by atoms with E-state index in [1.807, 2.05) is 12.1 Å². The van der Waals surface area contributed by atoms with Gasteiger partial charge in [0.05, 0.1) is 0 Å². The largest absolute Gasteiger partial charge is 0.346 e. The fourth-order valence-corrected chi connectivity index (χ4v) is 3.32. The Kier molecular flexibility index (Phi) is 5.11. The Morgan fingerprint density at radius 1 is 1.16 bits per heavy atom. The Labute approximate surface area is 152 Å². The van der Waals surface area contributed by atoms with Crippen LogP contribution in [-0.2, 0) is 22.0 Å². The van der Waals surface area contributed by atoms with E-state index in [1.54, 1.807) is 0 Å². The summed E-state index contributed by atoms with van der Waals surface area (Å²) >= 11 is 5.16. The molecule has 5 heteroatoms. The number of rotatable bonds is 5. The van der Waals surface area contributed by atoms with E-state index in [4.69, 9.17) is 17.6 Å². The highest BCUT2D eigenvalue weighted by Crippen LogP contribution is 2.28. The summed E-state index contributed by atoms with van der Waals surface area (Å²) in [6, 6.07) is 15.9. The molecule has 0 saturated carbocycles. The molecule has 0 amide bonds. The normalized spacial score (nSPS) is 12.3. The van der Waals surface area contributed by atoms with E-state index in [2.05, 4.69) is 59.1 Å². The van der Waals surface area contributed by atoms with Gasteiger partial charge in [0.2, 0.25) is 0 Å². The minimum absolute atomic E-state index is 0.388. The van der Waals surface area contributed by atoms with Crippen molar-refractivity contribution in [2.45, 2.75) is 32.9 Å². The van der Waals surface area contributed by atoms with Gasteiger partial charge in [-0.1, -0.05) is 48.0 Å². The maximum atomic E-state index is 11.6. The first-order valence-electron chi connectivity index (χ1n) is 8.21. The molecule has 0 spiro atoms. The molecule has 130 valence electrons. The quantitative estimate of drug-likeness (QED) is 0.754. The van der Waals surface area contributed by atoms with Gasteiger partial charge < -0.3 is 14.6 Å². The zero-order valence-corrected chi connectivity index (χ0v) is 15.1. The molecule has 0 saturated heterocycles. The number of carbonyl (C=O) groups is 1. The maximum Gasteiger partial charge on any atom is 0.341 e. The van der Waals surface area contributed by atoms with Crippen molar-refractivity contribution in [1.82, 2.24) is 4.57 Å². The van der Waals surface area contributed by atoms with Crippen molar-refractivity contribution in [2.75, 3.05) is 0 Å². The number of hydrogen-bond donors (Lipinski definition) is 1. The van der Waals surface area contributed by atoms with Gasteiger partial charge in [-0.15, -0.1) is 0 Å². The number of aryl methyl sites for hydroxylation is 1. The third-order valence-electron chi connectivity index (χ3n) is 4.63. The summed E-state index contributed by atoms with van der Waals surface area (Å²) in [4.78, 5) is 11.6. The van der Waals surface area contributed by atoms with Crippen LogP contribution in [0.5, 0.6) is 0 Å². The highest BCUT2D eigenvalue weighted by atomic mass is 35.5. The van der Waals surface area contributed by atoms with Crippen molar-refractivity contribution < 1.29 is 9.08 Å². The lowest BCUT2D eigenvalue weighted by molar-refractivity contribution is -0.135. The second-order valence-electron chi connectivity index (χ2n) is 6.36. The zero-order chi connectivity index (χ0) is 18.0. The van der Waals surface area contributed by atoms with Gasteiger partial charge in [-0.2, -0.15) is 0 Å². The molecule has 3 aromatic rings. The van der Waals surface area contributed by atoms with Crippen LogP contribution in [0, 0.1) is 13.8 Å². The van der Waals surface area contributed by atoms with Gasteiger partial charge in [0, 0.05) is 29.6 Å². The smallest absolute Gasteiger partial charge is 0.341 e. The number of hydrogen-bond acceptors (Lipinski definition) is 3. The third kappa shape index (κ3) is 3.55. The molecule has 25 heavy (non-hydrogen) atoms. The van der Waals surface area contributed by atoms with Crippen LogP contribution in [-0.4, -0.2) is 16.6 Å². The zero-order valence-electron chi connectivity index (χ0n) is 14.3. The SMILES string of the molecule is Cc1ccc(Cn2c(C)c(C[C@H](N)C(=O)OCl)c3ccccc32)cc1. The molecule has 0 aliphatic heterocycles. The Hall–Kier alpha value is -2.30. The molecule has 0 aliphatic carbocycles. The Morgan fingerprint density at radius 2 is 1.84 bits per heavy atom. The van der Waals surface area contributed by atoms with Crippen molar-refractivity contribution in [3.05, 3.63) is 70.9 Å². The van der Waals surface area contributed by atoms with Gasteiger partial charge in [0.1, 0.15) is 17.9 Å². The molecule has 3 rings (SSSR count). The molecule has 0 radical (unpaired) electrons. The lowest BCUT2D eigenvalue weighted by Crippen LogP contribution is -2.33. The number of nitrogens with two attached hydrogens (primary N) is 1. The molecular formula is C20H21ClN2O2. The van der Waals surface area contributed by atoms with Gasteiger partial charge >= 0.3 is 5.97 Å². The van der Waals surface area contributed by atoms with E-state index in [0.29, 0.717) is 6.42 Å². The molecule has 2 N–H and O–H groups in total. The molecule has 1 heterocycles. The summed E-state index contributed by atoms with van der Waals surface area (Å²) in [7, 11) is 0. The van der Waals surface area contributed by atoms with Crippen LogP contribution in [0.2, 0.25) is 0 Å². The van der Waals surface area contributed by atoms with Crippen LogP contribution in [0.4, 0.5) is 0 Å². The van der Waals surface area contributed by atoms with Crippen molar-refractivity contribution in [3.63, 3.8) is 0 Å². The lowest BCUT2D eigenvalue weighted by Gasteiger charge is -2.11. The number of benzene rings is 2. The van der Waals surface area contributed by atoms with E-state index < -0.39 is 12.0 Å². The summed E-state index contributed by atoms with van der Waals surface area (Å²) in [6.45, 7) is 4.90. The summed E-state index contributed by atoms with van der Waals surface area (Å²) in [5.74, 6) is -0.614. The Morgan fingerprint density at radius 3 is 2.52 bits per heavy atom. The maximum absolute atomic E-state index is 11.6. The second-order valence-corrected chi connectivity index (χ2v) is 6.51. The van der Waals surface area contributed by atoms with Crippen LogP contribution in [0.1, 0.15) is 22.4 Å². The molecule has 1 aromatic heterocycles. The molecular weight excluding hydrogens is 336 g/mol. The summed E-state index contributed by atoms with van der Waals surface area (Å²) in [6.07, 6.45) is 0.388. The minimum Gasteiger partial charge on any atom is -0.346 e. The second kappa shape index (κ2) is 7.30. The van der Waals surface area contributed by atoms with E-state index >= 15 is 0 Å². The van der Waals surface area contributed by atoms with Gasteiger partial charge in [0.15, 0.2) is 0 Å². The monoisotopic (exact) mass is 356 g/mol. The number of halogens is 1. The van der Waals surface area contributed by atoms with Crippen LogP contribution >= 0.6 is 11.9 Å². The first-order valence-corrected chi connectivity index (χ1v) is 8.52. The average molecular weight is 357 g/mol. The molecule has 0 bridgehead atoms. The fourth-order valence-electron chi connectivity index (χ4n) is 3.20. The first-order chi connectivity index (χ1) is 12.0. The third-order valence-corrected chi connectivity index (χ3v) is 4.78. The summed E-state index contributed by atoms with van der Waals surface area (Å²) in [5, 5.41) is 1.10. The molecule has 2 aromatic carbocycles. The number of fused-ring (bicyclic) bond motifs is 1. The van der Waals surface area contributed by atoms with Crippen LogP contribution in [0.15, 0.2) is 48.5 Å². The molecule has 0 aliphatic rings. The molecule has 1 atom stereocenters. The highest BCUT2D eigenvalue weighted by Gasteiger charge is 2.21. The highest BCUT2D eigenvalue weighted by molar-refractivity contribution is 6.13. The molecule has 0 fully saturated rings. The van der Waals surface area contributed by atoms with Gasteiger partial charge in [-0.25, -0.2) is 4.79 Å². The number of para-hydroxylation sites is 1. The number of carbonyl (C=O) groups excluding carboxylic acids is 1.